The summed E-state index contributed by atoms with van der Waals surface area (Å²) in [4.78, 5) is 0. The lowest BCUT2D eigenvalue weighted by Crippen LogP contribution is -2.60. The summed E-state index contributed by atoms with van der Waals surface area (Å²) in [5, 5.41) is 76.9. The first-order valence-corrected chi connectivity index (χ1v) is 7.95. The zero-order valence-corrected chi connectivity index (χ0v) is 13.5. The molecule has 2 rings (SSSR count). The number of hydrogen-bond acceptors (Lipinski definition) is 11. The van der Waals surface area contributed by atoms with Gasteiger partial charge in [0.15, 0.2) is 0 Å². The van der Waals surface area contributed by atoms with Gasteiger partial charge in [0.05, 0.1) is 33.0 Å². The predicted octanol–water partition coefficient (Wildman–Crippen LogP) is -5.31. The highest BCUT2D eigenvalue weighted by Crippen LogP contribution is 2.32. The molecule has 0 aliphatic carbocycles. The molecule has 2 aliphatic heterocycles. The third-order valence-corrected chi connectivity index (χ3v) is 4.70. The first kappa shape index (κ1) is 20.9. The van der Waals surface area contributed by atoms with Crippen molar-refractivity contribution < 1.29 is 55.1 Å². The molecule has 8 N–H and O–H groups in total. The molecule has 2 saturated heterocycles. The predicted molar refractivity (Wildman–Crippen MR) is 78.4 cm³/mol. The smallest absolute Gasteiger partial charge is 0.143 e. The van der Waals surface area contributed by atoms with Gasteiger partial charge in [-0.3, -0.25) is 0 Å². The fourth-order valence-corrected chi connectivity index (χ4v) is 3.06. The zero-order chi connectivity index (χ0) is 18.8. The second-order valence-electron chi connectivity index (χ2n) is 6.38. The molecular formula is C14H26O11. The normalized spacial score (nSPS) is 48.0. The van der Waals surface area contributed by atoms with Crippen LogP contribution in [0, 0.1) is 0 Å². The highest BCUT2D eigenvalue weighted by molar-refractivity contribution is 5.02. The SMILES string of the molecule is OCC1O[C@@H](COC[C@]2(CO)O[C@@H](CO)C(O)[C@H]2O)C(O)[C@@H](O)[C@H]1O. The summed E-state index contributed by atoms with van der Waals surface area (Å²) in [6, 6.07) is 0. The third-order valence-electron chi connectivity index (χ3n) is 4.70. The van der Waals surface area contributed by atoms with E-state index in [-0.39, 0.29) is 6.61 Å². The monoisotopic (exact) mass is 370 g/mol. The van der Waals surface area contributed by atoms with Gasteiger partial charge in [0.2, 0.25) is 0 Å². The standard InChI is InChI=1S/C14H26O11/c15-1-6-9(18)12(21)10(19)8(24-6)3-23-5-14(4-17)13(22)11(20)7(2-16)25-14/h6-13,15-22H,1-5H2/t6?,7-,8-,9-,10?,11?,12-,13+,14-/m0/s1. The van der Waals surface area contributed by atoms with E-state index in [1.54, 1.807) is 0 Å². The molecule has 0 aromatic carbocycles. The van der Waals surface area contributed by atoms with Gasteiger partial charge in [0.1, 0.15) is 54.4 Å². The van der Waals surface area contributed by atoms with Crippen molar-refractivity contribution in [2.75, 3.05) is 33.0 Å². The first-order chi connectivity index (χ1) is 11.8. The van der Waals surface area contributed by atoms with Crippen molar-refractivity contribution in [1.82, 2.24) is 0 Å². The Balaban J connectivity index is 1.94. The van der Waals surface area contributed by atoms with E-state index < -0.39 is 80.9 Å². The fraction of sp³-hybridized carbons (Fsp3) is 1.00. The second-order valence-corrected chi connectivity index (χ2v) is 6.38. The average Bonchev–Trinajstić information content (AvgIpc) is 2.86. The molecule has 11 nitrogen and oxygen atoms in total. The van der Waals surface area contributed by atoms with Crippen LogP contribution in [0.3, 0.4) is 0 Å². The molecule has 3 unspecified atom stereocenters. The van der Waals surface area contributed by atoms with Crippen LogP contribution in [0.25, 0.3) is 0 Å². The lowest BCUT2D eigenvalue weighted by molar-refractivity contribution is -0.244. The van der Waals surface area contributed by atoms with Crippen LogP contribution in [0.1, 0.15) is 0 Å². The average molecular weight is 370 g/mol. The molecular weight excluding hydrogens is 344 g/mol. The van der Waals surface area contributed by atoms with Crippen molar-refractivity contribution in [3.63, 3.8) is 0 Å². The topological polar surface area (TPSA) is 190 Å². The maximum absolute atomic E-state index is 10.0. The molecule has 0 aromatic heterocycles. The van der Waals surface area contributed by atoms with Gasteiger partial charge in [0, 0.05) is 0 Å². The molecule has 0 amide bonds. The largest absolute Gasteiger partial charge is 0.394 e. The van der Waals surface area contributed by atoms with E-state index >= 15 is 0 Å². The van der Waals surface area contributed by atoms with Gasteiger partial charge in [-0.25, -0.2) is 0 Å². The number of aliphatic hydroxyl groups is 8. The van der Waals surface area contributed by atoms with Crippen LogP contribution >= 0.6 is 0 Å². The van der Waals surface area contributed by atoms with E-state index in [0.29, 0.717) is 0 Å². The molecule has 0 aromatic rings. The van der Waals surface area contributed by atoms with Gasteiger partial charge in [-0.1, -0.05) is 0 Å². The number of rotatable bonds is 7. The summed E-state index contributed by atoms with van der Waals surface area (Å²) < 4.78 is 15.9. The molecule has 25 heavy (non-hydrogen) atoms. The molecule has 2 heterocycles. The van der Waals surface area contributed by atoms with Crippen molar-refractivity contribution in [3.8, 4) is 0 Å². The van der Waals surface area contributed by atoms with Crippen LogP contribution in [-0.4, -0.2) is 128 Å². The van der Waals surface area contributed by atoms with E-state index in [1.165, 1.54) is 0 Å². The molecule has 0 radical (unpaired) electrons. The Morgan fingerprint density at radius 1 is 0.760 bits per heavy atom. The number of aliphatic hydroxyl groups excluding tert-OH is 8. The number of ether oxygens (including phenoxy) is 3. The Morgan fingerprint density at radius 3 is 1.88 bits per heavy atom. The summed E-state index contributed by atoms with van der Waals surface area (Å²) in [5.41, 5.74) is -1.67. The lowest BCUT2D eigenvalue weighted by Gasteiger charge is -2.40. The summed E-state index contributed by atoms with van der Waals surface area (Å²) >= 11 is 0. The highest BCUT2D eigenvalue weighted by Gasteiger charge is 2.54. The van der Waals surface area contributed by atoms with Crippen molar-refractivity contribution in [1.29, 1.82) is 0 Å². The Labute approximate surface area is 143 Å². The van der Waals surface area contributed by atoms with Crippen LogP contribution in [-0.2, 0) is 14.2 Å². The van der Waals surface area contributed by atoms with Gasteiger partial charge < -0.3 is 55.1 Å². The van der Waals surface area contributed by atoms with Gasteiger partial charge in [0.25, 0.3) is 0 Å². The molecule has 0 saturated carbocycles. The van der Waals surface area contributed by atoms with Crippen LogP contribution in [0.5, 0.6) is 0 Å². The molecule has 9 atom stereocenters. The van der Waals surface area contributed by atoms with Gasteiger partial charge in [-0.2, -0.15) is 0 Å². The zero-order valence-electron chi connectivity index (χ0n) is 13.5. The van der Waals surface area contributed by atoms with Crippen molar-refractivity contribution in [2.45, 2.75) is 54.4 Å². The van der Waals surface area contributed by atoms with Crippen molar-refractivity contribution in [3.05, 3.63) is 0 Å². The summed E-state index contributed by atoms with van der Waals surface area (Å²) in [7, 11) is 0. The van der Waals surface area contributed by atoms with E-state index in [0.717, 1.165) is 0 Å². The van der Waals surface area contributed by atoms with Crippen molar-refractivity contribution >= 4 is 0 Å². The molecule has 0 bridgehead atoms. The molecule has 0 spiro atoms. The fourth-order valence-electron chi connectivity index (χ4n) is 3.06. The second kappa shape index (κ2) is 8.50. The Bertz CT molecular complexity index is 422. The minimum atomic E-state index is -1.67. The van der Waals surface area contributed by atoms with E-state index in [2.05, 4.69) is 0 Å². The van der Waals surface area contributed by atoms with E-state index in [9.17, 15) is 30.6 Å². The Kier molecular flexibility index (Phi) is 7.09. The lowest BCUT2D eigenvalue weighted by atomic mass is 9.95. The van der Waals surface area contributed by atoms with Crippen molar-refractivity contribution in [2.24, 2.45) is 0 Å². The van der Waals surface area contributed by atoms with Crippen LogP contribution in [0.15, 0.2) is 0 Å². The molecule has 2 fully saturated rings. The molecule has 2 aliphatic rings. The first-order valence-electron chi connectivity index (χ1n) is 7.95. The molecule has 148 valence electrons. The van der Waals surface area contributed by atoms with Gasteiger partial charge in [-0.05, 0) is 0 Å². The van der Waals surface area contributed by atoms with Crippen LogP contribution < -0.4 is 0 Å². The third kappa shape index (κ3) is 3.96. The Morgan fingerprint density at radius 2 is 1.36 bits per heavy atom. The minimum absolute atomic E-state index is 0.306. The summed E-state index contributed by atoms with van der Waals surface area (Å²) in [6.45, 7) is -2.54. The summed E-state index contributed by atoms with van der Waals surface area (Å²) in [5.74, 6) is 0. The van der Waals surface area contributed by atoms with Gasteiger partial charge >= 0.3 is 0 Å². The maximum atomic E-state index is 10.0. The Hall–Kier alpha value is -0.440. The van der Waals surface area contributed by atoms with E-state index in [1.807, 2.05) is 0 Å². The summed E-state index contributed by atoms with van der Waals surface area (Å²) in [6.07, 6.45) is -10.7. The molecule has 11 heteroatoms. The van der Waals surface area contributed by atoms with Crippen LogP contribution in [0.2, 0.25) is 0 Å². The van der Waals surface area contributed by atoms with Crippen LogP contribution in [0.4, 0.5) is 0 Å². The quantitative estimate of drug-likeness (QED) is 0.214. The maximum Gasteiger partial charge on any atom is 0.143 e. The number of hydrogen-bond donors (Lipinski definition) is 8. The van der Waals surface area contributed by atoms with Gasteiger partial charge in [-0.15, -0.1) is 0 Å². The highest BCUT2D eigenvalue weighted by atomic mass is 16.6. The minimum Gasteiger partial charge on any atom is -0.394 e. The van der Waals surface area contributed by atoms with E-state index in [4.69, 9.17) is 24.4 Å².